The number of nitrogens with zero attached hydrogens (tertiary/aromatic N) is 1. The molecule has 0 saturated heterocycles. The first-order chi connectivity index (χ1) is 12.0. The molecule has 7 heteroatoms. The Morgan fingerprint density at radius 1 is 1.04 bits per heavy atom. The monoisotopic (exact) mass is 360 g/mol. The van der Waals surface area contributed by atoms with Crippen LogP contribution in [0.15, 0.2) is 53.5 Å². The smallest absolute Gasteiger partial charge is 0.328 e. The van der Waals surface area contributed by atoms with Gasteiger partial charge < -0.3 is 15.5 Å². The van der Waals surface area contributed by atoms with Crippen LogP contribution in [0, 0.1) is 0 Å². The van der Waals surface area contributed by atoms with Crippen molar-refractivity contribution in [2.75, 3.05) is 11.9 Å². The summed E-state index contributed by atoms with van der Waals surface area (Å²) in [5.74, 6) is -1.43. The number of hydrogen-bond acceptors (Lipinski definition) is 4. The molecule has 1 aliphatic heterocycles. The average Bonchev–Trinajstić information content (AvgIpc) is 3.10. The maximum Gasteiger partial charge on any atom is 0.328 e. The van der Waals surface area contributed by atoms with E-state index in [9.17, 15) is 9.59 Å². The molecule has 0 spiro atoms. The molecular weight excluding hydrogens is 344 g/mol. The van der Waals surface area contributed by atoms with E-state index in [1.807, 2.05) is 30.3 Å². The number of nitrogens with one attached hydrogen (secondary N) is 1. The van der Waals surface area contributed by atoms with Gasteiger partial charge in [0.25, 0.3) is 0 Å². The first kappa shape index (κ1) is 18.5. The van der Waals surface area contributed by atoms with Crippen molar-refractivity contribution >= 4 is 45.8 Å². The number of aliphatic imine (C=N–C) groups is 1. The molecule has 0 radical (unpaired) electrons. The Balaban J connectivity index is 0.000000242. The van der Waals surface area contributed by atoms with Crippen LogP contribution in [-0.2, 0) is 9.59 Å². The van der Waals surface area contributed by atoms with Crippen LogP contribution in [-0.4, -0.2) is 34.5 Å². The van der Waals surface area contributed by atoms with Crippen molar-refractivity contribution in [3.63, 3.8) is 0 Å². The Bertz CT molecular complexity index is 830. The lowest BCUT2D eigenvalue weighted by molar-refractivity contribution is -0.134. The summed E-state index contributed by atoms with van der Waals surface area (Å²) in [5.41, 5.74) is 1.09. The van der Waals surface area contributed by atoms with Crippen molar-refractivity contribution < 1.29 is 19.8 Å². The van der Waals surface area contributed by atoms with Gasteiger partial charge in [-0.2, -0.15) is 0 Å². The van der Waals surface area contributed by atoms with Gasteiger partial charge in [0.1, 0.15) is 5.84 Å². The molecule has 3 N–H and O–H groups in total. The van der Waals surface area contributed by atoms with Gasteiger partial charge in [-0.15, -0.1) is 0 Å². The predicted molar refractivity (Wildman–Crippen MR) is 98.5 cm³/mol. The minimum atomic E-state index is -1.26. The van der Waals surface area contributed by atoms with Crippen LogP contribution in [0.2, 0.25) is 5.02 Å². The molecule has 130 valence electrons. The Morgan fingerprint density at radius 3 is 2.24 bits per heavy atom. The second-order valence-electron chi connectivity index (χ2n) is 5.21. The van der Waals surface area contributed by atoms with E-state index < -0.39 is 11.9 Å². The van der Waals surface area contributed by atoms with Gasteiger partial charge in [0, 0.05) is 46.6 Å². The zero-order chi connectivity index (χ0) is 18.2. The Labute approximate surface area is 149 Å². The van der Waals surface area contributed by atoms with Crippen molar-refractivity contribution in [2.45, 2.75) is 12.8 Å². The molecule has 0 bridgehead atoms. The predicted octanol–water partition coefficient (Wildman–Crippen LogP) is 3.81. The number of hydrogen-bond donors (Lipinski definition) is 3. The zero-order valence-corrected chi connectivity index (χ0v) is 14.0. The molecule has 3 rings (SSSR count). The molecule has 0 aromatic heterocycles. The minimum Gasteiger partial charge on any atom is -0.478 e. The van der Waals surface area contributed by atoms with Gasteiger partial charge in [0.15, 0.2) is 0 Å². The lowest BCUT2D eigenvalue weighted by Crippen LogP contribution is -2.08. The number of carboxylic acids is 2. The van der Waals surface area contributed by atoms with E-state index in [0.29, 0.717) is 12.2 Å². The van der Waals surface area contributed by atoms with Crippen molar-refractivity contribution in [1.29, 1.82) is 0 Å². The Kier molecular flexibility index (Phi) is 6.54. The highest BCUT2D eigenvalue weighted by molar-refractivity contribution is 6.36. The Morgan fingerprint density at radius 2 is 1.68 bits per heavy atom. The summed E-state index contributed by atoms with van der Waals surface area (Å²) in [6.45, 7) is 0.938. The number of anilines is 1. The molecule has 2 aromatic carbocycles. The SMILES string of the molecule is Clc1ccc(NC2=NCCC2)c2ccccc12.O=C(O)C=CC(=O)O. The second-order valence-corrected chi connectivity index (χ2v) is 5.61. The third-order valence-electron chi connectivity index (χ3n) is 3.39. The summed E-state index contributed by atoms with van der Waals surface area (Å²) in [7, 11) is 0. The molecule has 0 fully saturated rings. The fraction of sp³-hybridized carbons (Fsp3) is 0.167. The van der Waals surface area contributed by atoms with E-state index in [1.165, 1.54) is 0 Å². The summed E-state index contributed by atoms with van der Waals surface area (Å²) in [5, 5.41) is 22.0. The number of carbonyl (C=O) groups is 2. The van der Waals surface area contributed by atoms with Gasteiger partial charge in [0.2, 0.25) is 0 Å². The standard InChI is InChI=1S/C14H13ClN2.C4H4O4/c15-12-7-8-13(17-14-6-3-9-16-14)11-5-2-1-4-10(11)12;5-3(6)1-2-4(7)8/h1-2,4-5,7-8H,3,6,9H2,(H,16,17);1-2H,(H,5,6)(H,7,8). The molecule has 0 saturated carbocycles. The average molecular weight is 361 g/mol. The molecule has 6 nitrogen and oxygen atoms in total. The highest BCUT2D eigenvalue weighted by atomic mass is 35.5. The number of aliphatic carboxylic acids is 2. The lowest BCUT2D eigenvalue weighted by Gasteiger charge is -2.10. The highest BCUT2D eigenvalue weighted by Gasteiger charge is 2.09. The fourth-order valence-corrected chi connectivity index (χ4v) is 2.54. The molecule has 1 aliphatic rings. The van der Waals surface area contributed by atoms with E-state index in [2.05, 4.69) is 16.4 Å². The van der Waals surface area contributed by atoms with Gasteiger partial charge in [-0.25, -0.2) is 9.59 Å². The molecule has 1 heterocycles. The number of rotatable bonds is 3. The number of amidine groups is 1. The summed E-state index contributed by atoms with van der Waals surface area (Å²) in [6, 6.07) is 12.1. The summed E-state index contributed by atoms with van der Waals surface area (Å²) >= 11 is 6.19. The quantitative estimate of drug-likeness (QED) is 0.723. The first-order valence-electron chi connectivity index (χ1n) is 7.59. The highest BCUT2D eigenvalue weighted by Crippen LogP contribution is 2.30. The van der Waals surface area contributed by atoms with E-state index >= 15 is 0 Å². The molecule has 0 amide bonds. The van der Waals surface area contributed by atoms with Crippen molar-refractivity contribution in [2.24, 2.45) is 4.99 Å². The maximum absolute atomic E-state index is 9.55. The fourth-order valence-electron chi connectivity index (χ4n) is 2.31. The second kappa shape index (κ2) is 8.84. The van der Waals surface area contributed by atoms with Gasteiger partial charge in [-0.1, -0.05) is 35.9 Å². The third kappa shape index (κ3) is 5.61. The van der Waals surface area contributed by atoms with Gasteiger partial charge in [-0.3, -0.25) is 4.99 Å². The van der Waals surface area contributed by atoms with Crippen molar-refractivity contribution in [1.82, 2.24) is 0 Å². The van der Waals surface area contributed by atoms with E-state index in [0.717, 1.165) is 46.7 Å². The normalized spacial score (nSPS) is 13.2. The molecule has 0 aliphatic carbocycles. The number of halogens is 1. The summed E-state index contributed by atoms with van der Waals surface area (Å²) in [6.07, 6.45) is 3.30. The zero-order valence-electron chi connectivity index (χ0n) is 13.3. The third-order valence-corrected chi connectivity index (χ3v) is 3.72. The van der Waals surface area contributed by atoms with Crippen LogP contribution >= 0.6 is 11.6 Å². The molecule has 2 aromatic rings. The van der Waals surface area contributed by atoms with Crippen molar-refractivity contribution in [3.8, 4) is 0 Å². The van der Waals surface area contributed by atoms with Crippen LogP contribution < -0.4 is 5.32 Å². The van der Waals surface area contributed by atoms with Crippen LogP contribution in [0.3, 0.4) is 0 Å². The minimum absolute atomic E-state index is 0.558. The lowest BCUT2D eigenvalue weighted by atomic mass is 10.1. The first-order valence-corrected chi connectivity index (χ1v) is 7.96. The van der Waals surface area contributed by atoms with Crippen LogP contribution in [0.25, 0.3) is 10.8 Å². The molecule has 25 heavy (non-hydrogen) atoms. The summed E-state index contributed by atoms with van der Waals surface area (Å²) in [4.78, 5) is 23.5. The molecule has 0 atom stereocenters. The van der Waals surface area contributed by atoms with Gasteiger partial charge in [-0.05, 0) is 18.6 Å². The number of fused-ring (bicyclic) bond motifs is 1. The topological polar surface area (TPSA) is 99.0 Å². The van der Waals surface area contributed by atoms with E-state index in [4.69, 9.17) is 21.8 Å². The van der Waals surface area contributed by atoms with Crippen LogP contribution in [0.1, 0.15) is 12.8 Å². The van der Waals surface area contributed by atoms with Crippen molar-refractivity contribution in [3.05, 3.63) is 53.6 Å². The Hall–Kier alpha value is -2.86. The maximum atomic E-state index is 9.55. The van der Waals surface area contributed by atoms with E-state index in [1.54, 1.807) is 0 Å². The number of carboxylic acid groups (broad SMARTS) is 2. The van der Waals surface area contributed by atoms with Gasteiger partial charge >= 0.3 is 11.9 Å². The van der Waals surface area contributed by atoms with Crippen LogP contribution in [0.4, 0.5) is 5.69 Å². The largest absolute Gasteiger partial charge is 0.478 e. The summed E-state index contributed by atoms with van der Waals surface area (Å²) < 4.78 is 0. The van der Waals surface area contributed by atoms with E-state index in [-0.39, 0.29) is 0 Å². The van der Waals surface area contributed by atoms with Gasteiger partial charge in [0.05, 0.1) is 0 Å². The molecular formula is C18H17ClN2O4. The number of benzene rings is 2. The van der Waals surface area contributed by atoms with Crippen LogP contribution in [0.5, 0.6) is 0 Å². The molecule has 0 unspecified atom stereocenters.